The van der Waals surface area contributed by atoms with Crippen molar-refractivity contribution in [1.29, 1.82) is 0 Å². The number of Topliss-reactive ketones (excluding diaryl/α,β-unsaturated/α-hetero) is 1. The van der Waals surface area contributed by atoms with Crippen LogP contribution >= 0.6 is 15.9 Å². The van der Waals surface area contributed by atoms with E-state index in [4.69, 9.17) is 4.74 Å². The first-order valence-electron chi connectivity index (χ1n) is 7.08. The van der Waals surface area contributed by atoms with Crippen LogP contribution in [0.5, 0.6) is 0 Å². The minimum Gasteiger partial charge on any atom is -0.454 e. The Hall–Kier alpha value is -2.02. The van der Waals surface area contributed by atoms with Crippen LogP contribution in [-0.2, 0) is 22.5 Å². The number of benzene rings is 1. The Labute approximate surface area is 141 Å². The van der Waals surface area contributed by atoms with Gasteiger partial charge in [0.1, 0.15) is 5.82 Å². The van der Waals surface area contributed by atoms with Gasteiger partial charge < -0.3 is 4.74 Å². The number of ether oxygens (including phenoxy) is 1. The summed E-state index contributed by atoms with van der Waals surface area (Å²) in [5.41, 5.74) is 1.05. The molecular weight excluding hydrogens is 367 g/mol. The van der Waals surface area contributed by atoms with Crippen LogP contribution < -0.4 is 0 Å². The van der Waals surface area contributed by atoms with Crippen LogP contribution in [0.1, 0.15) is 29.8 Å². The van der Waals surface area contributed by atoms with Crippen molar-refractivity contribution in [3.05, 3.63) is 52.0 Å². The molecule has 1 heterocycles. The van der Waals surface area contributed by atoms with Crippen LogP contribution in [0.2, 0.25) is 0 Å². The maximum atomic E-state index is 13.2. The molecule has 0 amide bonds. The highest BCUT2D eigenvalue weighted by atomic mass is 79.9. The quantitative estimate of drug-likeness (QED) is 0.568. The van der Waals surface area contributed by atoms with Crippen molar-refractivity contribution >= 4 is 27.7 Å². The fraction of sp³-hybridized carbons (Fsp3) is 0.312. The average molecular weight is 383 g/mol. The summed E-state index contributed by atoms with van der Waals surface area (Å²) in [6.07, 6.45) is 2.65. The van der Waals surface area contributed by atoms with E-state index in [-0.39, 0.29) is 12.0 Å². The molecule has 0 N–H and O–H groups in total. The molecule has 7 heteroatoms. The molecule has 1 atom stereocenters. The molecule has 0 aliphatic rings. The van der Waals surface area contributed by atoms with Crippen molar-refractivity contribution in [2.75, 3.05) is 0 Å². The van der Waals surface area contributed by atoms with Gasteiger partial charge in [0, 0.05) is 36.1 Å². The normalized spacial score (nSPS) is 12.0. The first-order valence-corrected chi connectivity index (χ1v) is 7.87. The second-order valence-corrected chi connectivity index (χ2v) is 5.85. The lowest BCUT2D eigenvalue weighted by molar-refractivity contribution is -0.144. The molecule has 0 aliphatic heterocycles. The molecule has 2 rings (SSSR count). The summed E-state index contributed by atoms with van der Waals surface area (Å²) in [5.74, 6) is -1.40. The van der Waals surface area contributed by atoms with E-state index in [2.05, 4.69) is 21.0 Å². The number of carbonyl (C=O) groups is 2. The van der Waals surface area contributed by atoms with Crippen LogP contribution in [0.4, 0.5) is 4.39 Å². The Balaban J connectivity index is 2.26. The summed E-state index contributed by atoms with van der Waals surface area (Å²) in [5, 5.41) is 4.13. The van der Waals surface area contributed by atoms with Gasteiger partial charge in [0.05, 0.1) is 6.20 Å². The van der Waals surface area contributed by atoms with E-state index in [1.807, 2.05) is 6.92 Å². The number of aromatic nitrogens is 2. The second-order valence-electron chi connectivity index (χ2n) is 4.99. The van der Waals surface area contributed by atoms with E-state index in [0.717, 1.165) is 5.56 Å². The Morgan fingerprint density at radius 1 is 1.43 bits per heavy atom. The van der Waals surface area contributed by atoms with Crippen LogP contribution in [-0.4, -0.2) is 27.6 Å². The third-order valence-corrected chi connectivity index (χ3v) is 3.89. The number of hydrogen-bond acceptors (Lipinski definition) is 4. The number of hydrogen-bond donors (Lipinski definition) is 0. The fourth-order valence-corrected chi connectivity index (χ4v) is 2.70. The van der Waals surface area contributed by atoms with Gasteiger partial charge in [-0.25, -0.2) is 4.39 Å². The van der Waals surface area contributed by atoms with Crippen LogP contribution in [0, 0.1) is 5.82 Å². The molecule has 23 heavy (non-hydrogen) atoms. The largest absolute Gasteiger partial charge is 0.454 e. The van der Waals surface area contributed by atoms with Gasteiger partial charge in [-0.05, 0) is 46.6 Å². The van der Waals surface area contributed by atoms with E-state index in [1.165, 1.54) is 25.1 Å². The number of nitrogens with zero attached hydrogens (tertiary/aromatic N) is 2. The number of rotatable bonds is 6. The monoisotopic (exact) mass is 382 g/mol. The summed E-state index contributed by atoms with van der Waals surface area (Å²) in [6, 6.07) is 3.76. The Morgan fingerprint density at radius 3 is 2.74 bits per heavy atom. The maximum absolute atomic E-state index is 13.2. The highest BCUT2D eigenvalue weighted by Crippen LogP contribution is 2.22. The molecule has 1 aromatic heterocycles. The number of aryl methyl sites for hydroxylation is 1. The van der Waals surface area contributed by atoms with Crippen molar-refractivity contribution < 1.29 is 18.7 Å². The molecule has 0 aliphatic carbocycles. The van der Waals surface area contributed by atoms with Crippen LogP contribution in [0.25, 0.3) is 0 Å². The van der Waals surface area contributed by atoms with Gasteiger partial charge >= 0.3 is 5.97 Å². The van der Waals surface area contributed by atoms with Gasteiger partial charge in [-0.15, -0.1) is 0 Å². The van der Waals surface area contributed by atoms with E-state index >= 15 is 0 Å². The number of esters is 1. The topological polar surface area (TPSA) is 61.2 Å². The standard InChI is InChI=1S/C16H16BrFN2O3/c1-3-20-9-11(8-19-20)6-15(23-10(2)21)16(22)13-5-4-12(18)7-14(13)17/h4-5,7-9,15H,3,6H2,1-2H3. The average Bonchev–Trinajstić information content (AvgIpc) is 2.93. The summed E-state index contributed by atoms with van der Waals surface area (Å²) in [4.78, 5) is 23.9. The molecule has 1 aromatic carbocycles. The van der Waals surface area contributed by atoms with Crippen molar-refractivity contribution in [2.24, 2.45) is 0 Å². The fourth-order valence-electron chi connectivity index (χ4n) is 2.15. The van der Waals surface area contributed by atoms with E-state index in [9.17, 15) is 14.0 Å². The van der Waals surface area contributed by atoms with E-state index in [0.29, 0.717) is 11.0 Å². The first-order chi connectivity index (χ1) is 10.9. The van der Waals surface area contributed by atoms with Crippen molar-refractivity contribution in [3.63, 3.8) is 0 Å². The van der Waals surface area contributed by atoms with E-state index in [1.54, 1.807) is 17.1 Å². The molecular formula is C16H16BrFN2O3. The smallest absolute Gasteiger partial charge is 0.303 e. The summed E-state index contributed by atoms with van der Waals surface area (Å²) in [7, 11) is 0. The van der Waals surface area contributed by atoms with E-state index < -0.39 is 23.7 Å². The van der Waals surface area contributed by atoms with Crippen molar-refractivity contribution in [2.45, 2.75) is 32.9 Å². The lowest BCUT2D eigenvalue weighted by atomic mass is 10.0. The van der Waals surface area contributed by atoms with Gasteiger partial charge in [-0.1, -0.05) is 0 Å². The van der Waals surface area contributed by atoms with Crippen LogP contribution in [0.3, 0.4) is 0 Å². The molecule has 1 unspecified atom stereocenters. The number of carbonyl (C=O) groups excluding carboxylic acids is 2. The third-order valence-electron chi connectivity index (χ3n) is 3.23. The highest BCUT2D eigenvalue weighted by Gasteiger charge is 2.26. The number of ketones is 1. The number of halogens is 2. The van der Waals surface area contributed by atoms with Gasteiger partial charge in [0.25, 0.3) is 0 Å². The first kappa shape index (κ1) is 17.3. The molecule has 0 bridgehead atoms. The maximum Gasteiger partial charge on any atom is 0.303 e. The molecule has 122 valence electrons. The zero-order valence-corrected chi connectivity index (χ0v) is 14.3. The predicted octanol–water partition coefficient (Wildman–Crippen LogP) is 3.16. The Bertz CT molecular complexity index is 730. The lowest BCUT2D eigenvalue weighted by Crippen LogP contribution is -2.29. The molecule has 0 fully saturated rings. The molecule has 0 spiro atoms. The highest BCUT2D eigenvalue weighted by molar-refractivity contribution is 9.10. The summed E-state index contributed by atoms with van der Waals surface area (Å²) >= 11 is 3.17. The summed E-state index contributed by atoms with van der Waals surface area (Å²) < 4.78 is 20.4. The molecule has 0 saturated heterocycles. The lowest BCUT2D eigenvalue weighted by Gasteiger charge is -2.16. The van der Waals surface area contributed by atoms with Gasteiger partial charge in [0.2, 0.25) is 5.78 Å². The second kappa shape index (κ2) is 7.50. The summed E-state index contributed by atoms with van der Waals surface area (Å²) in [6.45, 7) is 3.90. The minimum atomic E-state index is -0.983. The van der Waals surface area contributed by atoms with Gasteiger partial charge in [-0.3, -0.25) is 14.3 Å². The molecule has 5 nitrogen and oxygen atoms in total. The zero-order chi connectivity index (χ0) is 17.0. The Kier molecular flexibility index (Phi) is 5.65. The molecule has 0 saturated carbocycles. The minimum absolute atomic E-state index is 0.211. The Morgan fingerprint density at radius 2 is 2.17 bits per heavy atom. The third kappa shape index (κ3) is 4.48. The van der Waals surface area contributed by atoms with Gasteiger partial charge in [-0.2, -0.15) is 5.10 Å². The molecule has 2 aromatic rings. The van der Waals surface area contributed by atoms with Crippen LogP contribution in [0.15, 0.2) is 35.1 Å². The van der Waals surface area contributed by atoms with Gasteiger partial charge in [0.15, 0.2) is 6.10 Å². The zero-order valence-electron chi connectivity index (χ0n) is 12.8. The molecule has 0 radical (unpaired) electrons. The SMILES string of the molecule is CCn1cc(CC(OC(C)=O)C(=O)c2ccc(F)cc2Br)cn1. The van der Waals surface area contributed by atoms with Crippen molar-refractivity contribution in [1.82, 2.24) is 9.78 Å². The van der Waals surface area contributed by atoms with Crippen molar-refractivity contribution in [3.8, 4) is 0 Å². The predicted molar refractivity (Wildman–Crippen MR) is 85.6 cm³/mol.